The molecule has 0 radical (unpaired) electrons. The first-order valence-electron chi connectivity index (χ1n) is 3.04. The molecule has 3 nitrogen and oxygen atoms in total. The van der Waals surface area contributed by atoms with Gasteiger partial charge < -0.3 is 5.21 Å². The zero-order valence-corrected chi connectivity index (χ0v) is 5.73. The van der Waals surface area contributed by atoms with Crippen LogP contribution in [0, 0.1) is 11.3 Å². The van der Waals surface area contributed by atoms with Gasteiger partial charge in [0, 0.05) is 0 Å². The molecule has 0 fully saturated rings. The molecule has 1 aromatic carbocycles. The lowest BCUT2D eigenvalue weighted by atomic mass is 10.1. The molecule has 0 saturated carbocycles. The van der Waals surface area contributed by atoms with Crippen molar-refractivity contribution in [3.8, 4) is 6.07 Å². The molecular weight excluding hydrogens is 140 g/mol. The molecule has 0 saturated heterocycles. The Morgan fingerprint density at radius 2 is 2.36 bits per heavy atom. The van der Waals surface area contributed by atoms with Gasteiger partial charge >= 0.3 is 0 Å². The van der Waals surface area contributed by atoms with Crippen LogP contribution in [0.1, 0.15) is 11.1 Å². The van der Waals surface area contributed by atoms with Gasteiger partial charge in [-0.2, -0.15) is 5.26 Å². The molecule has 54 valence electrons. The van der Waals surface area contributed by atoms with Gasteiger partial charge in [-0.3, -0.25) is 0 Å². The first-order chi connectivity index (χ1) is 5.36. The number of nitrogens with zero attached hydrogens (tertiary/aromatic N) is 2. The highest BCUT2D eigenvalue weighted by Crippen LogP contribution is 2.00. The summed E-state index contributed by atoms with van der Waals surface area (Å²) in [6, 6.07) is 8.79. The first-order valence-corrected chi connectivity index (χ1v) is 3.04. The molecule has 1 rings (SSSR count). The van der Waals surface area contributed by atoms with Gasteiger partial charge in [0.25, 0.3) is 0 Å². The summed E-state index contributed by atoms with van der Waals surface area (Å²) in [6.07, 6.45) is 1.28. The lowest BCUT2D eigenvalue weighted by Crippen LogP contribution is -1.81. The van der Waals surface area contributed by atoms with E-state index in [1.54, 1.807) is 24.3 Å². The standard InChI is InChI=1S/C8H6N2O/c9-5-7-2-1-3-8(4-7)6-10-11/h1-4,6,11H/b10-6-. The van der Waals surface area contributed by atoms with Crippen molar-refractivity contribution in [2.45, 2.75) is 0 Å². The minimum Gasteiger partial charge on any atom is -0.411 e. The molecule has 0 unspecified atom stereocenters. The van der Waals surface area contributed by atoms with E-state index in [9.17, 15) is 0 Å². The zero-order valence-electron chi connectivity index (χ0n) is 5.73. The Morgan fingerprint density at radius 1 is 1.55 bits per heavy atom. The minimum absolute atomic E-state index is 0.558. The van der Waals surface area contributed by atoms with Crippen LogP contribution in [0.2, 0.25) is 0 Å². The number of benzene rings is 1. The van der Waals surface area contributed by atoms with Crippen LogP contribution in [-0.4, -0.2) is 11.4 Å². The third-order valence-corrected chi connectivity index (χ3v) is 1.22. The fourth-order valence-electron chi connectivity index (χ4n) is 0.755. The minimum atomic E-state index is 0.558. The maximum Gasteiger partial charge on any atom is 0.0991 e. The summed E-state index contributed by atoms with van der Waals surface area (Å²) < 4.78 is 0. The van der Waals surface area contributed by atoms with E-state index in [0.717, 1.165) is 0 Å². The van der Waals surface area contributed by atoms with Crippen molar-refractivity contribution in [3.05, 3.63) is 35.4 Å². The van der Waals surface area contributed by atoms with E-state index >= 15 is 0 Å². The van der Waals surface area contributed by atoms with E-state index < -0.39 is 0 Å². The van der Waals surface area contributed by atoms with Gasteiger partial charge in [-0.25, -0.2) is 0 Å². The average Bonchev–Trinajstić information content (AvgIpc) is 2.06. The van der Waals surface area contributed by atoms with Crippen molar-refractivity contribution in [2.24, 2.45) is 5.16 Å². The monoisotopic (exact) mass is 146 g/mol. The Morgan fingerprint density at radius 3 is 3.00 bits per heavy atom. The van der Waals surface area contributed by atoms with Crippen molar-refractivity contribution >= 4 is 6.21 Å². The average molecular weight is 146 g/mol. The fraction of sp³-hybridized carbons (Fsp3) is 0. The highest BCUT2D eigenvalue weighted by atomic mass is 16.4. The van der Waals surface area contributed by atoms with E-state index in [1.165, 1.54) is 6.21 Å². The third-order valence-electron chi connectivity index (χ3n) is 1.22. The molecule has 11 heavy (non-hydrogen) atoms. The molecular formula is C8H6N2O. The predicted molar refractivity (Wildman–Crippen MR) is 40.5 cm³/mol. The van der Waals surface area contributed by atoms with Crippen LogP contribution >= 0.6 is 0 Å². The molecule has 1 N–H and O–H groups in total. The quantitative estimate of drug-likeness (QED) is 0.369. The predicted octanol–water partition coefficient (Wildman–Crippen LogP) is 1.37. The van der Waals surface area contributed by atoms with Gasteiger partial charge in [0.05, 0.1) is 17.8 Å². The second-order valence-electron chi connectivity index (χ2n) is 1.98. The zero-order chi connectivity index (χ0) is 8.10. The van der Waals surface area contributed by atoms with Crippen molar-refractivity contribution < 1.29 is 5.21 Å². The van der Waals surface area contributed by atoms with Crippen molar-refractivity contribution in [1.29, 1.82) is 5.26 Å². The van der Waals surface area contributed by atoms with Crippen LogP contribution in [0.3, 0.4) is 0 Å². The number of oxime groups is 1. The summed E-state index contributed by atoms with van der Waals surface area (Å²) >= 11 is 0. The molecule has 0 heterocycles. The second kappa shape index (κ2) is 3.37. The summed E-state index contributed by atoms with van der Waals surface area (Å²) in [5.74, 6) is 0. The Labute approximate surface area is 64.2 Å². The number of nitriles is 1. The molecule has 0 aliphatic carbocycles. The van der Waals surface area contributed by atoms with Gasteiger partial charge in [0.2, 0.25) is 0 Å². The maximum absolute atomic E-state index is 8.47. The summed E-state index contributed by atoms with van der Waals surface area (Å²) in [6.45, 7) is 0. The normalized spacial score (nSPS) is 9.73. The smallest absolute Gasteiger partial charge is 0.0991 e. The summed E-state index contributed by atoms with van der Waals surface area (Å²) in [7, 11) is 0. The van der Waals surface area contributed by atoms with Crippen LogP contribution in [-0.2, 0) is 0 Å². The Kier molecular flexibility index (Phi) is 2.24. The molecule has 3 heteroatoms. The number of hydrogen-bond acceptors (Lipinski definition) is 3. The highest BCUT2D eigenvalue weighted by Gasteiger charge is 1.90. The van der Waals surface area contributed by atoms with Crippen LogP contribution in [0.4, 0.5) is 0 Å². The number of hydrogen-bond donors (Lipinski definition) is 1. The van der Waals surface area contributed by atoms with Gasteiger partial charge in [0.15, 0.2) is 0 Å². The Hall–Kier alpha value is -1.82. The van der Waals surface area contributed by atoms with E-state index in [2.05, 4.69) is 5.16 Å². The molecule has 0 bridgehead atoms. The SMILES string of the molecule is N#Cc1cccc(/C=N\O)c1. The van der Waals surface area contributed by atoms with E-state index in [0.29, 0.717) is 11.1 Å². The van der Waals surface area contributed by atoms with Gasteiger partial charge in [-0.1, -0.05) is 17.3 Å². The van der Waals surface area contributed by atoms with Gasteiger partial charge in [-0.15, -0.1) is 0 Å². The van der Waals surface area contributed by atoms with Gasteiger partial charge in [-0.05, 0) is 17.7 Å². The molecule has 0 atom stereocenters. The summed E-state index contributed by atoms with van der Waals surface area (Å²) in [5.41, 5.74) is 1.27. The maximum atomic E-state index is 8.47. The van der Waals surface area contributed by atoms with E-state index in [1.807, 2.05) is 6.07 Å². The molecule has 0 aromatic heterocycles. The topological polar surface area (TPSA) is 56.4 Å². The van der Waals surface area contributed by atoms with Crippen LogP contribution in [0.25, 0.3) is 0 Å². The second-order valence-corrected chi connectivity index (χ2v) is 1.98. The molecule has 0 aliphatic rings. The first kappa shape index (κ1) is 7.29. The summed E-state index contributed by atoms with van der Waals surface area (Å²) in [4.78, 5) is 0. The van der Waals surface area contributed by atoms with Crippen molar-refractivity contribution in [3.63, 3.8) is 0 Å². The molecule has 1 aromatic rings. The van der Waals surface area contributed by atoms with Gasteiger partial charge in [0.1, 0.15) is 0 Å². The Balaban J connectivity index is 3.03. The van der Waals surface area contributed by atoms with E-state index in [4.69, 9.17) is 10.5 Å². The fourth-order valence-corrected chi connectivity index (χ4v) is 0.755. The van der Waals surface area contributed by atoms with Crippen LogP contribution in [0.5, 0.6) is 0 Å². The van der Waals surface area contributed by atoms with Crippen LogP contribution < -0.4 is 0 Å². The van der Waals surface area contributed by atoms with Crippen LogP contribution in [0.15, 0.2) is 29.4 Å². The number of rotatable bonds is 1. The molecule has 0 aliphatic heterocycles. The van der Waals surface area contributed by atoms with E-state index in [-0.39, 0.29) is 0 Å². The lowest BCUT2D eigenvalue weighted by Gasteiger charge is -1.90. The Bertz CT molecular complexity index is 312. The lowest BCUT2D eigenvalue weighted by molar-refractivity contribution is 0.322. The summed E-state index contributed by atoms with van der Waals surface area (Å²) in [5, 5.41) is 19.5. The molecule has 0 spiro atoms. The van der Waals surface area contributed by atoms with Crippen molar-refractivity contribution in [1.82, 2.24) is 0 Å². The third kappa shape index (κ3) is 1.80. The highest BCUT2D eigenvalue weighted by molar-refractivity contribution is 5.79. The largest absolute Gasteiger partial charge is 0.411 e. The van der Waals surface area contributed by atoms with Crippen molar-refractivity contribution in [2.75, 3.05) is 0 Å². The molecule has 0 amide bonds.